The first kappa shape index (κ1) is 11.2. The van der Waals surface area contributed by atoms with Crippen LogP contribution < -0.4 is 5.32 Å². The average molecular weight is 251 g/mol. The van der Waals surface area contributed by atoms with Gasteiger partial charge in [-0.25, -0.2) is 0 Å². The van der Waals surface area contributed by atoms with Crippen LogP contribution in [0.4, 0.5) is 0 Å². The maximum absolute atomic E-state index is 3.36. The lowest BCUT2D eigenvalue weighted by molar-refractivity contribution is 1.22. The first-order chi connectivity index (χ1) is 8.95. The van der Waals surface area contributed by atoms with Crippen LogP contribution in [-0.4, -0.2) is 0 Å². The van der Waals surface area contributed by atoms with Crippen molar-refractivity contribution < 1.29 is 0 Å². The minimum atomic E-state index is 1.18. The molecule has 2 heteroatoms. The van der Waals surface area contributed by atoms with Crippen LogP contribution in [-0.2, 0) is 0 Å². The van der Waals surface area contributed by atoms with Gasteiger partial charge in [0.15, 0.2) is 0 Å². The standard InChI is InChI=1S/C16H13NS/c1-3-7-13(8-4-1)15-16(18-12-11-17-15)14-9-5-2-6-10-14/h1-12,17H. The van der Waals surface area contributed by atoms with Crippen LogP contribution in [0.15, 0.2) is 72.3 Å². The molecule has 1 aliphatic heterocycles. The highest BCUT2D eigenvalue weighted by Gasteiger charge is 2.12. The first-order valence-corrected chi connectivity index (χ1v) is 6.76. The highest BCUT2D eigenvalue weighted by Crippen LogP contribution is 2.36. The van der Waals surface area contributed by atoms with Gasteiger partial charge in [0.1, 0.15) is 0 Å². The van der Waals surface area contributed by atoms with E-state index in [1.165, 1.54) is 21.7 Å². The summed E-state index contributed by atoms with van der Waals surface area (Å²) in [4.78, 5) is 1.27. The van der Waals surface area contributed by atoms with E-state index in [1.807, 2.05) is 18.3 Å². The Bertz CT molecular complexity index is 532. The monoisotopic (exact) mass is 251 g/mol. The molecular weight excluding hydrogens is 238 g/mol. The Labute approximate surface area is 111 Å². The van der Waals surface area contributed by atoms with Crippen molar-refractivity contribution in [3.63, 3.8) is 0 Å². The normalized spacial score (nSPS) is 14.4. The van der Waals surface area contributed by atoms with E-state index in [0.29, 0.717) is 0 Å². The molecule has 88 valence electrons. The Morgan fingerprint density at radius 2 is 1.33 bits per heavy atom. The van der Waals surface area contributed by atoms with Crippen LogP contribution in [0.2, 0.25) is 0 Å². The van der Waals surface area contributed by atoms with Crippen molar-refractivity contribution in [1.29, 1.82) is 0 Å². The fourth-order valence-electron chi connectivity index (χ4n) is 1.97. The van der Waals surface area contributed by atoms with Gasteiger partial charge in [0.25, 0.3) is 0 Å². The number of thioether (sulfide) groups is 1. The zero-order chi connectivity index (χ0) is 12.2. The molecular formula is C16H13NS. The smallest absolute Gasteiger partial charge is 0.0601 e. The van der Waals surface area contributed by atoms with Crippen molar-refractivity contribution in [2.45, 2.75) is 0 Å². The summed E-state index contributed by atoms with van der Waals surface area (Å²) in [6.45, 7) is 0. The second-order valence-corrected chi connectivity index (χ2v) is 4.92. The predicted octanol–water partition coefficient (Wildman–Crippen LogP) is 4.32. The fraction of sp³-hybridized carbons (Fsp3) is 0. The van der Waals surface area contributed by atoms with Crippen molar-refractivity contribution in [3.8, 4) is 0 Å². The third-order valence-electron chi connectivity index (χ3n) is 2.81. The molecule has 1 aliphatic rings. The average Bonchev–Trinajstić information content (AvgIpc) is 2.49. The van der Waals surface area contributed by atoms with Crippen molar-refractivity contribution in [2.24, 2.45) is 0 Å². The van der Waals surface area contributed by atoms with E-state index < -0.39 is 0 Å². The molecule has 18 heavy (non-hydrogen) atoms. The van der Waals surface area contributed by atoms with Gasteiger partial charge in [0.05, 0.1) is 5.70 Å². The lowest BCUT2D eigenvalue weighted by Gasteiger charge is -2.18. The summed E-state index contributed by atoms with van der Waals surface area (Å²) in [7, 11) is 0. The molecule has 0 saturated heterocycles. The quantitative estimate of drug-likeness (QED) is 0.853. The van der Waals surface area contributed by atoms with E-state index in [-0.39, 0.29) is 0 Å². The Hall–Kier alpha value is -1.93. The highest BCUT2D eigenvalue weighted by atomic mass is 32.2. The van der Waals surface area contributed by atoms with Gasteiger partial charge in [0.2, 0.25) is 0 Å². The van der Waals surface area contributed by atoms with E-state index in [1.54, 1.807) is 11.8 Å². The summed E-state index contributed by atoms with van der Waals surface area (Å²) in [5.74, 6) is 0. The summed E-state index contributed by atoms with van der Waals surface area (Å²) >= 11 is 1.76. The van der Waals surface area contributed by atoms with Crippen LogP contribution in [0, 0.1) is 0 Å². The lowest BCUT2D eigenvalue weighted by atomic mass is 10.1. The molecule has 1 heterocycles. The Balaban J connectivity index is 2.10. The molecule has 0 bridgehead atoms. The van der Waals surface area contributed by atoms with Crippen molar-refractivity contribution in [3.05, 3.63) is 83.4 Å². The van der Waals surface area contributed by atoms with Crippen molar-refractivity contribution in [1.82, 2.24) is 5.32 Å². The highest BCUT2D eigenvalue weighted by molar-refractivity contribution is 8.11. The summed E-state index contributed by atoms with van der Waals surface area (Å²) in [5.41, 5.74) is 3.64. The van der Waals surface area contributed by atoms with E-state index >= 15 is 0 Å². The van der Waals surface area contributed by atoms with E-state index in [0.717, 1.165) is 0 Å². The second kappa shape index (κ2) is 5.15. The van der Waals surface area contributed by atoms with Gasteiger partial charge in [0, 0.05) is 11.1 Å². The third-order valence-corrected chi connectivity index (χ3v) is 3.75. The van der Waals surface area contributed by atoms with Gasteiger partial charge in [-0.2, -0.15) is 0 Å². The third kappa shape index (κ3) is 2.20. The molecule has 0 aromatic heterocycles. The SMILES string of the molecule is C1=CSC(c2ccccc2)=C(c2ccccc2)N1. The predicted molar refractivity (Wildman–Crippen MR) is 79.6 cm³/mol. The largest absolute Gasteiger partial charge is 0.360 e. The minimum Gasteiger partial charge on any atom is -0.360 e. The van der Waals surface area contributed by atoms with Gasteiger partial charge in [-0.1, -0.05) is 72.4 Å². The number of hydrogen-bond donors (Lipinski definition) is 1. The van der Waals surface area contributed by atoms with Gasteiger partial charge in [-0.05, 0) is 16.5 Å². The Morgan fingerprint density at radius 3 is 2.00 bits per heavy atom. The number of rotatable bonds is 2. The zero-order valence-corrected chi connectivity index (χ0v) is 10.7. The maximum atomic E-state index is 3.36. The molecule has 0 amide bonds. The van der Waals surface area contributed by atoms with Gasteiger partial charge < -0.3 is 5.32 Å². The maximum Gasteiger partial charge on any atom is 0.0601 e. The molecule has 0 spiro atoms. The second-order valence-electron chi connectivity index (χ2n) is 4.00. The van der Waals surface area contributed by atoms with Crippen LogP contribution in [0.1, 0.15) is 11.1 Å². The molecule has 0 unspecified atom stereocenters. The Kier molecular flexibility index (Phi) is 3.20. The molecule has 3 rings (SSSR count). The van der Waals surface area contributed by atoms with Crippen molar-refractivity contribution in [2.75, 3.05) is 0 Å². The van der Waals surface area contributed by atoms with Crippen LogP contribution in [0.3, 0.4) is 0 Å². The molecule has 0 atom stereocenters. The topological polar surface area (TPSA) is 12.0 Å². The molecule has 0 aliphatic carbocycles. The summed E-state index contributed by atoms with van der Waals surface area (Å²) in [5, 5.41) is 5.44. The van der Waals surface area contributed by atoms with Gasteiger partial charge in [-0.3, -0.25) is 0 Å². The molecule has 2 aromatic rings. The fourth-order valence-corrected chi connectivity index (χ4v) is 2.80. The molecule has 2 aromatic carbocycles. The van der Waals surface area contributed by atoms with Crippen LogP contribution in [0.25, 0.3) is 10.6 Å². The van der Waals surface area contributed by atoms with Crippen LogP contribution >= 0.6 is 11.8 Å². The number of hydrogen-bond acceptors (Lipinski definition) is 2. The van der Waals surface area contributed by atoms with E-state index in [2.05, 4.69) is 59.3 Å². The molecule has 0 radical (unpaired) electrons. The zero-order valence-electron chi connectivity index (χ0n) is 9.84. The van der Waals surface area contributed by atoms with E-state index in [9.17, 15) is 0 Å². The van der Waals surface area contributed by atoms with Gasteiger partial charge in [-0.15, -0.1) is 0 Å². The van der Waals surface area contributed by atoms with Crippen LogP contribution in [0.5, 0.6) is 0 Å². The lowest BCUT2D eigenvalue weighted by Crippen LogP contribution is -2.08. The summed E-state index contributed by atoms with van der Waals surface area (Å²) in [6, 6.07) is 20.9. The first-order valence-electron chi connectivity index (χ1n) is 5.88. The Morgan fingerprint density at radius 1 is 0.722 bits per heavy atom. The molecule has 1 nitrogen and oxygen atoms in total. The minimum absolute atomic E-state index is 1.18. The molecule has 1 N–H and O–H groups in total. The van der Waals surface area contributed by atoms with Gasteiger partial charge >= 0.3 is 0 Å². The van der Waals surface area contributed by atoms with E-state index in [4.69, 9.17) is 0 Å². The summed E-state index contributed by atoms with van der Waals surface area (Å²) < 4.78 is 0. The summed E-state index contributed by atoms with van der Waals surface area (Å²) in [6.07, 6.45) is 1.99. The van der Waals surface area contributed by atoms with Crippen molar-refractivity contribution >= 4 is 22.4 Å². The number of nitrogens with one attached hydrogen (secondary N) is 1. The molecule has 0 saturated carbocycles. The molecule has 0 fully saturated rings. The number of benzene rings is 2.